The minimum Gasteiger partial charge on any atom is -0.463 e. The maximum absolute atomic E-state index is 11.5. The lowest BCUT2D eigenvalue weighted by atomic mass is 10.0. The van der Waals surface area contributed by atoms with Crippen molar-refractivity contribution < 1.29 is 9.53 Å². The molecule has 0 N–H and O–H groups in total. The predicted molar refractivity (Wildman–Crippen MR) is 63.8 cm³/mol. The van der Waals surface area contributed by atoms with Gasteiger partial charge in [0, 0.05) is 6.08 Å². The SMILES string of the molecule is CCOC(=O)/C=C(/c1ccccc1)C1CC1. The van der Waals surface area contributed by atoms with Crippen molar-refractivity contribution in [1.29, 1.82) is 0 Å². The number of esters is 1. The van der Waals surface area contributed by atoms with E-state index in [4.69, 9.17) is 4.74 Å². The molecular formula is C14H16O2. The molecule has 16 heavy (non-hydrogen) atoms. The van der Waals surface area contributed by atoms with Gasteiger partial charge in [-0.05, 0) is 36.8 Å². The smallest absolute Gasteiger partial charge is 0.331 e. The lowest BCUT2D eigenvalue weighted by Gasteiger charge is -2.06. The average Bonchev–Trinajstić information content (AvgIpc) is 3.11. The second kappa shape index (κ2) is 4.97. The van der Waals surface area contributed by atoms with Gasteiger partial charge in [-0.15, -0.1) is 0 Å². The molecule has 2 heteroatoms. The summed E-state index contributed by atoms with van der Waals surface area (Å²) in [7, 11) is 0. The zero-order chi connectivity index (χ0) is 11.4. The van der Waals surface area contributed by atoms with Crippen LogP contribution in [0.25, 0.3) is 5.57 Å². The lowest BCUT2D eigenvalue weighted by Crippen LogP contribution is -2.01. The topological polar surface area (TPSA) is 26.3 Å². The van der Waals surface area contributed by atoms with Gasteiger partial charge in [0.15, 0.2) is 0 Å². The quantitative estimate of drug-likeness (QED) is 0.571. The van der Waals surface area contributed by atoms with Gasteiger partial charge in [0.05, 0.1) is 6.61 Å². The molecule has 1 aliphatic rings. The summed E-state index contributed by atoms with van der Waals surface area (Å²) in [6.07, 6.45) is 4.01. The number of hydrogen-bond donors (Lipinski definition) is 0. The van der Waals surface area contributed by atoms with Gasteiger partial charge in [0.25, 0.3) is 0 Å². The van der Waals surface area contributed by atoms with Crippen molar-refractivity contribution in [2.45, 2.75) is 19.8 Å². The molecule has 1 saturated carbocycles. The van der Waals surface area contributed by atoms with Crippen molar-refractivity contribution in [1.82, 2.24) is 0 Å². The van der Waals surface area contributed by atoms with E-state index in [9.17, 15) is 4.79 Å². The largest absolute Gasteiger partial charge is 0.463 e. The molecule has 0 saturated heterocycles. The van der Waals surface area contributed by atoms with Crippen LogP contribution in [0.3, 0.4) is 0 Å². The van der Waals surface area contributed by atoms with E-state index >= 15 is 0 Å². The third kappa shape index (κ3) is 2.72. The third-order valence-corrected chi connectivity index (χ3v) is 2.68. The van der Waals surface area contributed by atoms with Crippen LogP contribution in [0, 0.1) is 5.92 Å². The van der Waals surface area contributed by atoms with E-state index < -0.39 is 0 Å². The highest BCUT2D eigenvalue weighted by molar-refractivity contribution is 5.92. The molecule has 84 valence electrons. The van der Waals surface area contributed by atoms with Crippen LogP contribution in [-0.4, -0.2) is 12.6 Å². The second-order valence-corrected chi connectivity index (χ2v) is 3.99. The zero-order valence-corrected chi connectivity index (χ0v) is 9.48. The van der Waals surface area contributed by atoms with E-state index in [0.717, 1.165) is 11.1 Å². The molecule has 2 nitrogen and oxygen atoms in total. The molecular weight excluding hydrogens is 200 g/mol. The first kappa shape index (κ1) is 10.9. The highest BCUT2D eigenvalue weighted by atomic mass is 16.5. The Morgan fingerprint density at radius 2 is 2.06 bits per heavy atom. The van der Waals surface area contributed by atoms with Crippen LogP contribution >= 0.6 is 0 Å². The summed E-state index contributed by atoms with van der Waals surface area (Å²) in [5.74, 6) is 0.319. The normalized spacial score (nSPS) is 15.9. The Hall–Kier alpha value is -1.57. The van der Waals surface area contributed by atoms with Crippen LogP contribution in [0.1, 0.15) is 25.3 Å². The summed E-state index contributed by atoms with van der Waals surface area (Å²) in [6.45, 7) is 2.26. The van der Waals surface area contributed by atoms with E-state index in [1.54, 1.807) is 6.08 Å². The third-order valence-electron chi connectivity index (χ3n) is 2.68. The van der Waals surface area contributed by atoms with Gasteiger partial charge in [-0.3, -0.25) is 0 Å². The van der Waals surface area contributed by atoms with Crippen LogP contribution in [0.5, 0.6) is 0 Å². The van der Waals surface area contributed by atoms with Gasteiger partial charge in [0.1, 0.15) is 0 Å². The highest BCUT2D eigenvalue weighted by Crippen LogP contribution is 2.41. The molecule has 0 aliphatic heterocycles. The molecule has 0 bridgehead atoms. The van der Waals surface area contributed by atoms with Gasteiger partial charge in [-0.2, -0.15) is 0 Å². The second-order valence-electron chi connectivity index (χ2n) is 3.99. The summed E-state index contributed by atoms with van der Waals surface area (Å²) in [5.41, 5.74) is 2.26. The number of carbonyl (C=O) groups excluding carboxylic acids is 1. The summed E-state index contributed by atoms with van der Waals surface area (Å²) in [5, 5.41) is 0. The van der Waals surface area contributed by atoms with Crippen LogP contribution in [-0.2, 0) is 9.53 Å². The van der Waals surface area contributed by atoms with Crippen LogP contribution in [0.15, 0.2) is 36.4 Å². The van der Waals surface area contributed by atoms with Crippen molar-refractivity contribution in [3.8, 4) is 0 Å². The van der Waals surface area contributed by atoms with Crippen LogP contribution < -0.4 is 0 Å². The summed E-state index contributed by atoms with van der Waals surface area (Å²) >= 11 is 0. The number of hydrogen-bond acceptors (Lipinski definition) is 2. The van der Waals surface area contributed by atoms with Gasteiger partial charge >= 0.3 is 5.97 Å². The Labute approximate surface area is 95.9 Å². The maximum Gasteiger partial charge on any atom is 0.331 e. The fourth-order valence-electron chi connectivity index (χ4n) is 1.77. The minimum absolute atomic E-state index is 0.228. The summed E-state index contributed by atoms with van der Waals surface area (Å²) in [6, 6.07) is 10.1. The molecule has 0 radical (unpaired) electrons. The Kier molecular flexibility index (Phi) is 3.40. The van der Waals surface area contributed by atoms with Crippen LogP contribution in [0.4, 0.5) is 0 Å². The van der Waals surface area contributed by atoms with E-state index in [2.05, 4.69) is 0 Å². The molecule has 0 heterocycles. The molecule has 0 aromatic heterocycles. The maximum atomic E-state index is 11.5. The van der Waals surface area contributed by atoms with E-state index in [1.807, 2.05) is 37.3 Å². The molecule has 0 amide bonds. The van der Waals surface area contributed by atoms with E-state index in [1.165, 1.54) is 12.8 Å². The summed E-state index contributed by atoms with van der Waals surface area (Å²) in [4.78, 5) is 11.5. The monoisotopic (exact) mass is 216 g/mol. The van der Waals surface area contributed by atoms with Gasteiger partial charge < -0.3 is 4.74 Å². The van der Waals surface area contributed by atoms with Crippen molar-refractivity contribution in [2.24, 2.45) is 5.92 Å². The standard InChI is InChI=1S/C14H16O2/c1-2-16-14(15)10-13(12-8-9-12)11-6-4-3-5-7-11/h3-7,10,12H,2,8-9H2,1H3/b13-10-. The zero-order valence-electron chi connectivity index (χ0n) is 9.48. The predicted octanol–water partition coefficient (Wildman–Crippen LogP) is 3.04. The fraction of sp³-hybridized carbons (Fsp3) is 0.357. The summed E-state index contributed by atoms with van der Waals surface area (Å²) < 4.78 is 4.96. The van der Waals surface area contributed by atoms with E-state index in [0.29, 0.717) is 12.5 Å². The Morgan fingerprint density at radius 3 is 2.62 bits per heavy atom. The number of ether oxygens (including phenoxy) is 1. The van der Waals surface area contributed by atoms with Crippen molar-refractivity contribution in [3.63, 3.8) is 0 Å². The first-order valence-electron chi connectivity index (χ1n) is 5.75. The average molecular weight is 216 g/mol. The Morgan fingerprint density at radius 1 is 1.38 bits per heavy atom. The molecule has 0 atom stereocenters. The van der Waals surface area contributed by atoms with Crippen molar-refractivity contribution in [3.05, 3.63) is 42.0 Å². The Bertz CT molecular complexity index is 388. The number of carbonyl (C=O) groups is 1. The molecule has 1 fully saturated rings. The number of allylic oxidation sites excluding steroid dienone is 1. The fourth-order valence-corrected chi connectivity index (χ4v) is 1.77. The van der Waals surface area contributed by atoms with Gasteiger partial charge in [0.2, 0.25) is 0 Å². The molecule has 0 spiro atoms. The first-order chi connectivity index (χ1) is 7.81. The number of rotatable bonds is 4. The first-order valence-corrected chi connectivity index (χ1v) is 5.75. The minimum atomic E-state index is -0.228. The highest BCUT2D eigenvalue weighted by Gasteiger charge is 2.27. The molecule has 1 aromatic rings. The molecule has 1 aromatic carbocycles. The molecule has 1 aliphatic carbocycles. The molecule has 2 rings (SSSR count). The Balaban J connectivity index is 2.21. The number of benzene rings is 1. The van der Waals surface area contributed by atoms with E-state index in [-0.39, 0.29) is 5.97 Å². The van der Waals surface area contributed by atoms with Gasteiger partial charge in [-0.1, -0.05) is 30.3 Å². The lowest BCUT2D eigenvalue weighted by molar-refractivity contribution is -0.137. The van der Waals surface area contributed by atoms with Crippen molar-refractivity contribution in [2.75, 3.05) is 6.61 Å². The van der Waals surface area contributed by atoms with Crippen LogP contribution in [0.2, 0.25) is 0 Å². The van der Waals surface area contributed by atoms with Gasteiger partial charge in [-0.25, -0.2) is 4.79 Å². The molecule has 0 unspecified atom stereocenters. The van der Waals surface area contributed by atoms with Crippen molar-refractivity contribution >= 4 is 11.5 Å².